The molecule has 248 valence electrons. The third-order valence-electron chi connectivity index (χ3n) is 9.62. The predicted molar refractivity (Wildman–Crippen MR) is 180 cm³/mol. The molecule has 2 spiro atoms. The van der Waals surface area contributed by atoms with E-state index in [-0.39, 0.29) is 30.4 Å². The molecule has 9 nitrogen and oxygen atoms in total. The zero-order valence-corrected chi connectivity index (χ0v) is 27.5. The zero-order chi connectivity index (χ0) is 33.1. The number of amides is 3. The van der Waals surface area contributed by atoms with Crippen molar-refractivity contribution in [3.8, 4) is 0 Å². The van der Waals surface area contributed by atoms with Gasteiger partial charge in [0.2, 0.25) is 5.91 Å². The van der Waals surface area contributed by atoms with Crippen molar-refractivity contribution < 1.29 is 23.9 Å². The molecule has 1 saturated heterocycles. The van der Waals surface area contributed by atoms with E-state index in [1.54, 1.807) is 0 Å². The standard InChI is InChI=1S/C38H46N4O5/c1-36(2,3)47-35(45)40-32-24-37(32)20-22-42(25-31(28-15-9-5-10-16-28)29-17-11-6-12-18-29)33(43)38(41-37)23-30(38)19-21-39-34(44)46-26-27-13-7-4-8-14-27/h4-18,30-32,41H,19-26H2,1-3H3,(H,39,44)(H,40,45)/t30?,32-,37?,38?/m1/s1. The Hall–Kier alpha value is -4.37. The molecule has 0 bridgehead atoms. The van der Waals surface area contributed by atoms with Crippen molar-refractivity contribution in [1.29, 1.82) is 0 Å². The molecule has 0 radical (unpaired) electrons. The Morgan fingerprint density at radius 3 is 2.15 bits per heavy atom. The first kappa shape index (κ1) is 32.6. The van der Waals surface area contributed by atoms with Crippen LogP contribution in [0, 0.1) is 5.92 Å². The van der Waals surface area contributed by atoms with Gasteiger partial charge in [-0.2, -0.15) is 0 Å². The quantitative estimate of drug-likeness (QED) is 0.261. The summed E-state index contributed by atoms with van der Waals surface area (Å²) in [5.74, 6) is 0.142. The fourth-order valence-electron chi connectivity index (χ4n) is 7.02. The molecule has 3 aromatic rings. The van der Waals surface area contributed by atoms with Crippen LogP contribution < -0.4 is 16.0 Å². The summed E-state index contributed by atoms with van der Waals surface area (Å²) >= 11 is 0. The number of ether oxygens (including phenoxy) is 2. The summed E-state index contributed by atoms with van der Waals surface area (Å²) in [6.45, 7) is 7.27. The highest BCUT2D eigenvalue weighted by Gasteiger charge is 2.69. The van der Waals surface area contributed by atoms with E-state index in [0.29, 0.717) is 38.9 Å². The minimum atomic E-state index is -0.756. The highest BCUT2D eigenvalue weighted by Crippen LogP contribution is 2.54. The first-order chi connectivity index (χ1) is 22.6. The number of carbonyl (C=O) groups is 3. The van der Waals surface area contributed by atoms with E-state index < -0.39 is 28.9 Å². The van der Waals surface area contributed by atoms with Crippen molar-refractivity contribution in [3.63, 3.8) is 0 Å². The van der Waals surface area contributed by atoms with Crippen LogP contribution in [0.5, 0.6) is 0 Å². The summed E-state index contributed by atoms with van der Waals surface area (Å²) in [4.78, 5) is 41.7. The predicted octanol–water partition coefficient (Wildman–Crippen LogP) is 5.75. The fraction of sp³-hybridized carbons (Fsp3) is 0.447. The van der Waals surface area contributed by atoms with Crippen LogP contribution >= 0.6 is 0 Å². The number of nitrogens with zero attached hydrogens (tertiary/aromatic N) is 1. The Morgan fingerprint density at radius 1 is 0.915 bits per heavy atom. The summed E-state index contributed by atoms with van der Waals surface area (Å²) in [6.07, 6.45) is 1.83. The van der Waals surface area contributed by atoms with Crippen molar-refractivity contribution in [2.24, 2.45) is 5.92 Å². The Balaban J connectivity index is 1.16. The second-order valence-electron chi connectivity index (χ2n) is 14.2. The molecular weight excluding hydrogens is 592 g/mol. The highest BCUT2D eigenvalue weighted by atomic mass is 16.6. The fourth-order valence-corrected chi connectivity index (χ4v) is 7.02. The van der Waals surface area contributed by atoms with E-state index in [1.165, 1.54) is 0 Å². The molecule has 9 heteroatoms. The lowest BCUT2D eigenvalue weighted by Gasteiger charge is -2.30. The van der Waals surface area contributed by atoms with Gasteiger partial charge in [0, 0.05) is 31.1 Å². The van der Waals surface area contributed by atoms with E-state index in [2.05, 4.69) is 40.2 Å². The van der Waals surface area contributed by atoms with Crippen molar-refractivity contribution in [2.45, 2.75) is 81.7 Å². The lowest BCUT2D eigenvalue weighted by atomic mass is 9.90. The monoisotopic (exact) mass is 638 g/mol. The van der Waals surface area contributed by atoms with Gasteiger partial charge in [-0.05, 0) is 69.1 Å². The smallest absolute Gasteiger partial charge is 0.407 e. The molecule has 6 rings (SSSR count). The Bertz CT molecular complexity index is 1510. The maximum Gasteiger partial charge on any atom is 0.407 e. The van der Waals surface area contributed by atoms with Gasteiger partial charge >= 0.3 is 12.2 Å². The molecular formula is C38H46N4O5. The summed E-state index contributed by atoms with van der Waals surface area (Å²) in [7, 11) is 0. The SMILES string of the molecule is CC(C)(C)OC(=O)N[C@@H]1CC12CCN(CC(c1ccccc1)c1ccccc1)C(=O)C1(CC1CCNC(=O)OCc1ccccc1)N2. The van der Waals surface area contributed by atoms with Gasteiger partial charge in [-0.3, -0.25) is 10.1 Å². The van der Waals surface area contributed by atoms with Gasteiger partial charge in [0.25, 0.3) is 0 Å². The Labute approximate surface area is 277 Å². The number of benzene rings is 3. The molecule has 3 fully saturated rings. The minimum Gasteiger partial charge on any atom is -0.445 e. The molecule has 3 amide bonds. The molecule has 3 aliphatic rings. The number of hydrogen-bond acceptors (Lipinski definition) is 6. The van der Waals surface area contributed by atoms with Gasteiger partial charge in [-0.1, -0.05) is 91.0 Å². The van der Waals surface area contributed by atoms with Crippen molar-refractivity contribution in [1.82, 2.24) is 20.9 Å². The zero-order valence-electron chi connectivity index (χ0n) is 27.5. The van der Waals surface area contributed by atoms with Crippen LogP contribution in [0.2, 0.25) is 0 Å². The highest BCUT2D eigenvalue weighted by molar-refractivity contribution is 5.91. The number of alkyl carbamates (subject to hydrolysis) is 2. The number of carbonyl (C=O) groups excluding carboxylic acids is 3. The van der Waals surface area contributed by atoms with Gasteiger partial charge in [-0.25, -0.2) is 9.59 Å². The van der Waals surface area contributed by atoms with Crippen LogP contribution in [-0.4, -0.2) is 65.3 Å². The van der Waals surface area contributed by atoms with Gasteiger partial charge in [-0.15, -0.1) is 0 Å². The summed E-state index contributed by atoms with van der Waals surface area (Å²) in [5.41, 5.74) is 1.49. The summed E-state index contributed by atoms with van der Waals surface area (Å²) < 4.78 is 10.9. The molecule has 3 N–H and O–H groups in total. The second-order valence-corrected chi connectivity index (χ2v) is 14.2. The number of rotatable bonds is 10. The molecule has 0 aromatic heterocycles. The molecule has 1 aliphatic heterocycles. The van der Waals surface area contributed by atoms with E-state index >= 15 is 0 Å². The normalized spacial score (nSPS) is 24.9. The number of hydrogen-bond donors (Lipinski definition) is 3. The summed E-state index contributed by atoms with van der Waals surface area (Å²) in [6, 6.07) is 30.1. The number of nitrogens with one attached hydrogen (secondary N) is 3. The van der Waals surface area contributed by atoms with Gasteiger partial charge in [0.05, 0.1) is 6.04 Å². The van der Waals surface area contributed by atoms with Gasteiger partial charge < -0.3 is 25.0 Å². The van der Waals surface area contributed by atoms with Crippen LogP contribution in [0.4, 0.5) is 9.59 Å². The molecule has 2 saturated carbocycles. The average molecular weight is 639 g/mol. The molecule has 1 heterocycles. The van der Waals surface area contributed by atoms with Gasteiger partial charge in [0.15, 0.2) is 0 Å². The third-order valence-corrected chi connectivity index (χ3v) is 9.62. The maximum atomic E-state index is 14.6. The largest absolute Gasteiger partial charge is 0.445 e. The van der Waals surface area contributed by atoms with Crippen LogP contribution in [-0.2, 0) is 20.9 Å². The second kappa shape index (κ2) is 13.4. The lowest BCUT2D eigenvalue weighted by molar-refractivity contribution is -0.134. The van der Waals surface area contributed by atoms with Gasteiger partial charge in [0.1, 0.15) is 17.7 Å². The van der Waals surface area contributed by atoms with Crippen LogP contribution in [0.25, 0.3) is 0 Å². The Kier molecular flexibility index (Phi) is 9.28. The van der Waals surface area contributed by atoms with Crippen molar-refractivity contribution >= 4 is 18.1 Å². The van der Waals surface area contributed by atoms with Crippen LogP contribution in [0.15, 0.2) is 91.0 Å². The first-order valence-corrected chi connectivity index (χ1v) is 16.7. The first-order valence-electron chi connectivity index (χ1n) is 16.7. The molecule has 47 heavy (non-hydrogen) atoms. The van der Waals surface area contributed by atoms with Crippen LogP contribution in [0.3, 0.4) is 0 Å². The maximum absolute atomic E-state index is 14.6. The van der Waals surface area contributed by atoms with E-state index in [4.69, 9.17) is 9.47 Å². The van der Waals surface area contributed by atoms with Crippen LogP contribution in [0.1, 0.15) is 69.1 Å². The molecule has 4 atom stereocenters. The topological polar surface area (TPSA) is 109 Å². The lowest BCUT2D eigenvalue weighted by Crippen LogP contribution is -2.53. The Morgan fingerprint density at radius 2 is 1.53 bits per heavy atom. The molecule has 3 unspecified atom stereocenters. The molecule has 3 aromatic carbocycles. The average Bonchev–Trinajstić information content (AvgIpc) is 3.95. The minimum absolute atomic E-state index is 0.0144. The van der Waals surface area contributed by atoms with Crippen molar-refractivity contribution in [3.05, 3.63) is 108 Å². The third kappa shape index (κ3) is 7.79. The van der Waals surface area contributed by atoms with E-state index in [9.17, 15) is 14.4 Å². The summed E-state index contributed by atoms with van der Waals surface area (Å²) in [5, 5.41) is 9.73. The van der Waals surface area contributed by atoms with Crippen molar-refractivity contribution in [2.75, 3.05) is 19.6 Å². The molecule has 2 aliphatic carbocycles. The van der Waals surface area contributed by atoms with E-state index in [0.717, 1.165) is 23.1 Å². The van der Waals surface area contributed by atoms with E-state index in [1.807, 2.05) is 92.4 Å².